The molecule has 0 unspecified atom stereocenters. The summed E-state index contributed by atoms with van der Waals surface area (Å²) in [5.41, 5.74) is 8.62. The van der Waals surface area contributed by atoms with E-state index in [0.29, 0.717) is 5.88 Å². The number of hydrogen-bond acceptors (Lipinski definition) is 4. The lowest BCUT2D eigenvalue weighted by atomic mass is 10.1. The van der Waals surface area contributed by atoms with Crippen LogP contribution in [0.3, 0.4) is 0 Å². The van der Waals surface area contributed by atoms with Crippen molar-refractivity contribution in [2.75, 3.05) is 18.8 Å². The fourth-order valence-electron chi connectivity index (χ4n) is 1.91. The summed E-state index contributed by atoms with van der Waals surface area (Å²) >= 11 is 0. The van der Waals surface area contributed by atoms with E-state index < -0.39 is 0 Å². The van der Waals surface area contributed by atoms with Gasteiger partial charge in [-0.15, -0.1) is 0 Å². The Balaban J connectivity index is 2.10. The molecule has 96 valence electrons. The molecule has 0 fully saturated rings. The van der Waals surface area contributed by atoms with Gasteiger partial charge in [0.2, 0.25) is 5.88 Å². The quantitative estimate of drug-likeness (QED) is 0.880. The van der Waals surface area contributed by atoms with Crippen LogP contribution in [0.2, 0.25) is 0 Å². The Hall–Kier alpha value is -1.81. The predicted octanol–water partition coefficient (Wildman–Crippen LogP) is 2.77. The van der Waals surface area contributed by atoms with Gasteiger partial charge in [0.05, 0.1) is 0 Å². The standard InChI is InChI=1S/C14H19N3O/c1-3-17(4-2)10-11-5-7-12(8-6-11)13-9-14(15)18-16-13/h5-9H,3-4,10,15H2,1-2H3. The van der Waals surface area contributed by atoms with E-state index in [-0.39, 0.29) is 0 Å². The maximum Gasteiger partial charge on any atom is 0.222 e. The molecular weight excluding hydrogens is 226 g/mol. The summed E-state index contributed by atoms with van der Waals surface area (Å²) in [4.78, 5) is 2.38. The fraction of sp³-hybridized carbons (Fsp3) is 0.357. The number of aromatic nitrogens is 1. The van der Waals surface area contributed by atoms with E-state index in [1.165, 1.54) is 5.56 Å². The molecule has 0 bridgehead atoms. The zero-order chi connectivity index (χ0) is 13.0. The second-order valence-corrected chi connectivity index (χ2v) is 4.27. The van der Waals surface area contributed by atoms with Crippen molar-refractivity contribution in [2.45, 2.75) is 20.4 Å². The Morgan fingerprint density at radius 2 is 1.83 bits per heavy atom. The first-order valence-electron chi connectivity index (χ1n) is 6.26. The molecule has 4 heteroatoms. The third-order valence-corrected chi connectivity index (χ3v) is 3.08. The van der Waals surface area contributed by atoms with Crippen molar-refractivity contribution in [3.8, 4) is 11.3 Å². The minimum atomic E-state index is 0.345. The van der Waals surface area contributed by atoms with Crippen molar-refractivity contribution >= 4 is 5.88 Å². The molecule has 0 radical (unpaired) electrons. The molecular formula is C14H19N3O. The van der Waals surface area contributed by atoms with Gasteiger partial charge in [0.1, 0.15) is 5.69 Å². The third kappa shape index (κ3) is 2.90. The first kappa shape index (κ1) is 12.6. The minimum absolute atomic E-state index is 0.345. The SMILES string of the molecule is CCN(CC)Cc1ccc(-c2cc(N)on2)cc1. The average molecular weight is 245 g/mol. The summed E-state index contributed by atoms with van der Waals surface area (Å²) in [5, 5.41) is 3.90. The second-order valence-electron chi connectivity index (χ2n) is 4.27. The molecule has 0 aliphatic rings. The molecule has 0 aliphatic heterocycles. The van der Waals surface area contributed by atoms with E-state index in [4.69, 9.17) is 10.3 Å². The monoisotopic (exact) mass is 245 g/mol. The Kier molecular flexibility index (Phi) is 3.99. The van der Waals surface area contributed by atoms with E-state index in [1.807, 2.05) is 0 Å². The van der Waals surface area contributed by atoms with Gasteiger partial charge < -0.3 is 10.3 Å². The van der Waals surface area contributed by atoms with Crippen LogP contribution in [0, 0.1) is 0 Å². The molecule has 1 aromatic heterocycles. The maximum atomic E-state index is 5.51. The smallest absolute Gasteiger partial charge is 0.222 e. The highest BCUT2D eigenvalue weighted by Crippen LogP contribution is 2.20. The largest absolute Gasteiger partial charge is 0.368 e. The highest BCUT2D eigenvalue weighted by atomic mass is 16.5. The average Bonchev–Trinajstić information content (AvgIpc) is 2.83. The van der Waals surface area contributed by atoms with Crippen LogP contribution in [0.1, 0.15) is 19.4 Å². The lowest BCUT2D eigenvalue weighted by molar-refractivity contribution is 0.296. The number of benzene rings is 1. The van der Waals surface area contributed by atoms with Crippen molar-refractivity contribution in [2.24, 2.45) is 0 Å². The summed E-state index contributed by atoms with van der Waals surface area (Å²) in [6.07, 6.45) is 0. The van der Waals surface area contributed by atoms with Crippen molar-refractivity contribution in [3.63, 3.8) is 0 Å². The van der Waals surface area contributed by atoms with Gasteiger partial charge in [0.15, 0.2) is 0 Å². The summed E-state index contributed by atoms with van der Waals surface area (Å²) in [6.45, 7) is 7.47. The van der Waals surface area contributed by atoms with Gasteiger partial charge in [-0.1, -0.05) is 43.3 Å². The van der Waals surface area contributed by atoms with E-state index in [1.54, 1.807) is 6.07 Å². The first-order chi connectivity index (χ1) is 8.72. The minimum Gasteiger partial charge on any atom is -0.368 e. The summed E-state index contributed by atoms with van der Waals surface area (Å²) < 4.78 is 4.87. The molecule has 2 N–H and O–H groups in total. The Labute approximate surface area is 107 Å². The molecule has 1 heterocycles. The lowest BCUT2D eigenvalue weighted by Crippen LogP contribution is -2.21. The van der Waals surface area contributed by atoms with Gasteiger partial charge in [-0.2, -0.15) is 0 Å². The van der Waals surface area contributed by atoms with Crippen molar-refractivity contribution in [1.82, 2.24) is 10.1 Å². The van der Waals surface area contributed by atoms with Crippen LogP contribution in [0.25, 0.3) is 11.3 Å². The van der Waals surface area contributed by atoms with Crippen LogP contribution in [-0.4, -0.2) is 23.1 Å². The van der Waals surface area contributed by atoms with Crippen molar-refractivity contribution in [1.29, 1.82) is 0 Å². The van der Waals surface area contributed by atoms with Crippen LogP contribution < -0.4 is 5.73 Å². The highest BCUT2D eigenvalue weighted by molar-refractivity contribution is 5.61. The second kappa shape index (κ2) is 5.69. The van der Waals surface area contributed by atoms with Crippen LogP contribution in [0.4, 0.5) is 5.88 Å². The summed E-state index contributed by atoms with van der Waals surface area (Å²) in [6, 6.07) is 10.1. The molecule has 0 atom stereocenters. The van der Waals surface area contributed by atoms with Gasteiger partial charge in [-0.25, -0.2) is 0 Å². The maximum absolute atomic E-state index is 5.51. The number of nitrogen functional groups attached to an aromatic ring is 1. The number of anilines is 1. The Morgan fingerprint density at radius 3 is 2.33 bits per heavy atom. The van der Waals surface area contributed by atoms with E-state index in [2.05, 4.69) is 48.2 Å². The van der Waals surface area contributed by atoms with Gasteiger partial charge in [0.25, 0.3) is 0 Å². The third-order valence-electron chi connectivity index (χ3n) is 3.08. The molecule has 0 aliphatic carbocycles. The van der Waals surface area contributed by atoms with E-state index in [0.717, 1.165) is 30.9 Å². The molecule has 2 aromatic rings. The molecule has 0 saturated heterocycles. The lowest BCUT2D eigenvalue weighted by Gasteiger charge is -2.17. The molecule has 0 spiro atoms. The van der Waals surface area contributed by atoms with E-state index in [9.17, 15) is 0 Å². The van der Waals surface area contributed by atoms with Gasteiger partial charge in [-0.05, 0) is 18.7 Å². The molecule has 18 heavy (non-hydrogen) atoms. The normalized spacial score (nSPS) is 11.1. The first-order valence-corrected chi connectivity index (χ1v) is 6.26. The fourth-order valence-corrected chi connectivity index (χ4v) is 1.91. The van der Waals surface area contributed by atoms with Crippen LogP contribution >= 0.6 is 0 Å². The highest BCUT2D eigenvalue weighted by Gasteiger charge is 2.05. The number of rotatable bonds is 5. The zero-order valence-corrected chi connectivity index (χ0v) is 10.9. The molecule has 0 saturated carbocycles. The van der Waals surface area contributed by atoms with Crippen molar-refractivity contribution in [3.05, 3.63) is 35.9 Å². The van der Waals surface area contributed by atoms with Crippen molar-refractivity contribution < 1.29 is 4.52 Å². The van der Waals surface area contributed by atoms with E-state index >= 15 is 0 Å². The zero-order valence-electron chi connectivity index (χ0n) is 10.9. The number of nitrogens with zero attached hydrogens (tertiary/aromatic N) is 2. The molecule has 2 rings (SSSR count). The van der Waals surface area contributed by atoms with Crippen LogP contribution in [0.15, 0.2) is 34.9 Å². The van der Waals surface area contributed by atoms with Gasteiger partial charge in [0, 0.05) is 18.2 Å². The molecule has 4 nitrogen and oxygen atoms in total. The number of nitrogens with two attached hydrogens (primary N) is 1. The molecule has 0 amide bonds. The van der Waals surface area contributed by atoms with Crippen LogP contribution in [-0.2, 0) is 6.54 Å². The Morgan fingerprint density at radius 1 is 1.17 bits per heavy atom. The summed E-state index contributed by atoms with van der Waals surface area (Å²) in [5.74, 6) is 0.345. The number of hydrogen-bond donors (Lipinski definition) is 1. The van der Waals surface area contributed by atoms with Crippen LogP contribution in [0.5, 0.6) is 0 Å². The van der Waals surface area contributed by atoms with Gasteiger partial charge >= 0.3 is 0 Å². The Bertz CT molecular complexity index is 486. The summed E-state index contributed by atoms with van der Waals surface area (Å²) in [7, 11) is 0. The predicted molar refractivity (Wildman–Crippen MR) is 73.0 cm³/mol. The molecule has 1 aromatic carbocycles. The van der Waals surface area contributed by atoms with Gasteiger partial charge in [-0.3, -0.25) is 4.90 Å². The topological polar surface area (TPSA) is 55.3 Å².